The van der Waals surface area contributed by atoms with Crippen molar-refractivity contribution in [3.63, 3.8) is 0 Å². The Morgan fingerprint density at radius 1 is 1.28 bits per heavy atom. The molecule has 0 aliphatic carbocycles. The summed E-state index contributed by atoms with van der Waals surface area (Å²) in [6.45, 7) is 5.41. The highest BCUT2D eigenvalue weighted by Crippen LogP contribution is 2.21. The van der Waals surface area contributed by atoms with Gasteiger partial charge in [0.05, 0.1) is 12.1 Å². The third-order valence-corrected chi connectivity index (χ3v) is 4.72. The van der Waals surface area contributed by atoms with Crippen molar-refractivity contribution < 1.29 is 9.21 Å². The summed E-state index contributed by atoms with van der Waals surface area (Å²) in [6, 6.07) is 6.48. The fourth-order valence-corrected chi connectivity index (χ4v) is 3.39. The predicted molar refractivity (Wildman–Crippen MR) is 90.0 cm³/mol. The molecule has 1 amide bonds. The third kappa shape index (κ3) is 2.45. The molecule has 3 aromatic rings. The van der Waals surface area contributed by atoms with E-state index in [1.54, 1.807) is 30.0 Å². The number of nitrogens with zero attached hydrogens (tertiary/aromatic N) is 5. The van der Waals surface area contributed by atoms with Gasteiger partial charge in [-0.2, -0.15) is 0 Å². The maximum Gasteiger partial charge on any atom is 0.420 e. The van der Waals surface area contributed by atoms with Crippen molar-refractivity contribution in [3.8, 4) is 0 Å². The van der Waals surface area contributed by atoms with Gasteiger partial charge in [0.1, 0.15) is 11.9 Å². The number of aryl methyl sites for hydroxylation is 1. The monoisotopic (exact) mass is 341 g/mol. The van der Waals surface area contributed by atoms with Gasteiger partial charge < -0.3 is 13.9 Å². The van der Waals surface area contributed by atoms with Gasteiger partial charge in [-0.15, -0.1) is 10.2 Å². The molecule has 0 N–H and O–H groups in total. The van der Waals surface area contributed by atoms with E-state index < -0.39 is 11.8 Å². The number of fused-ring (bicyclic) bond motifs is 2. The van der Waals surface area contributed by atoms with Crippen LogP contribution in [0.2, 0.25) is 0 Å². The summed E-state index contributed by atoms with van der Waals surface area (Å²) in [5.41, 5.74) is 1.11. The van der Waals surface area contributed by atoms with Gasteiger partial charge in [0.2, 0.25) is 5.91 Å². The predicted octanol–water partition coefficient (Wildman–Crippen LogP) is 1.35. The van der Waals surface area contributed by atoms with Gasteiger partial charge in [0.15, 0.2) is 11.4 Å². The summed E-state index contributed by atoms with van der Waals surface area (Å²) < 4.78 is 8.72. The van der Waals surface area contributed by atoms with Crippen LogP contribution in [0.4, 0.5) is 0 Å². The second-order valence-electron chi connectivity index (χ2n) is 6.18. The lowest BCUT2D eigenvalue weighted by molar-refractivity contribution is -0.135. The molecule has 0 saturated heterocycles. The molecule has 8 heteroatoms. The highest BCUT2D eigenvalue weighted by Gasteiger charge is 2.29. The van der Waals surface area contributed by atoms with Crippen LogP contribution < -0.4 is 5.76 Å². The number of amides is 1. The zero-order valence-electron chi connectivity index (χ0n) is 14.2. The van der Waals surface area contributed by atoms with Crippen molar-refractivity contribution in [1.82, 2.24) is 24.2 Å². The summed E-state index contributed by atoms with van der Waals surface area (Å²) in [7, 11) is 0. The summed E-state index contributed by atoms with van der Waals surface area (Å²) in [4.78, 5) is 26.9. The molecule has 8 nitrogen and oxygen atoms in total. The Morgan fingerprint density at radius 2 is 2.08 bits per heavy atom. The van der Waals surface area contributed by atoms with Crippen molar-refractivity contribution >= 4 is 17.0 Å². The molecule has 3 heterocycles. The van der Waals surface area contributed by atoms with Crippen LogP contribution in [0.5, 0.6) is 0 Å². The quantitative estimate of drug-likeness (QED) is 0.718. The van der Waals surface area contributed by atoms with E-state index in [1.165, 1.54) is 4.57 Å². The summed E-state index contributed by atoms with van der Waals surface area (Å²) in [5.74, 6) is 1.08. The minimum atomic E-state index is -0.642. The molecule has 1 aliphatic heterocycles. The molecule has 2 aromatic heterocycles. The van der Waals surface area contributed by atoms with E-state index in [4.69, 9.17) is 4.42 Å². The van der Waals surface area contributed by atoms with Gasteiger partial charge >= 0.3 is 5.76 Å². The van der Waals surface area contributed by atoms with E-state index in [-0.39, 0.29) is 5.91 Å². The van der Waals surface area contributed by atoms with E-state index in [9.17, 15) is 9.59 Å². The molecule has 1 aromatic carbocycles. The summed E-state index contributed by atoms with van der Waals surface area (Å²) in [5, 5.41) is 8.35. The van der Waals surface area contributed by atoms with Crippen LogP contribution in [-0.4, -0.2) is 36.7 Å². The minimum absolute atomic E-state index is 0.124. The Kier molecular flexibility index (Phi) is 3.67. The number of carbonyl (C=O) groups excluding carboxylic acids is 1. The minimum Gasteiger partial charge on any atom is -0.408 e. The maximum atomic E-state index is 12.9. The Bertz CT molecular complexity index is 999. The highest BCUT2D eigenvalue weighted by atomic mass is 16.4. The van der Waals surface area contributed by atoms with Crippen LogP contribution in [0.1, 0.15) is 31.5 Å². The average Bonchev–Trinajstić information content (AvgIpc) is 3.19. The summed E-state index contributed by atoms with van der Waals surface area (Å²) >= 11 is 0. The number of carbonyl (C=O) groups is 1. The SMILES string of the molecule is CCc1nnc2n1CCN(C(=O)[C@H](C)n1c(=O)oc3ccccc31)C2. The number of aromatic nitrogens is 4. The fraction of sp³-hybridized carbons (Fsp3) is 0.412. The number of oxazole rings is 1. The molecule has 4 rings (SSSR count). The van der Waals surface area contributed by atoms with Gasteiger partial charge in [-0.05, 0) is 19.1 Å². The molecule has 0 spiro atoms. The van der Waals surface area contributed by atoms with Gasteiger partial charge in [-0.1, -0.05) is 19.1 Å². The van der Waals surface area contributed by atoms with E-state index in [2.05, 4.69) is 14.8 Å². The van der Waals surface area contributed by atoms with Crippen LogP contribution in [0.25, 0.3) is 11.1 Å². The van der Waals surface area contributed by atoms with Crippen molar-refractivity contribution in [2.45, 2.75) is 39.4 Å². The number of hydrogen-bond donors (Lipinski definition) is 0. The molecule has 130 valence electrons. The highest BCUT2D eigenvalue weighted by molar-refractivity contribution is 5.83. The van der Waals surface area contributed by atoms with Crippen LogP contribution in [0, 0.1) is 0 Å². The molecular weight excluding hydrogens is 322 g/mol. The Hall–Kier alpha value is -2.90. The fourth-order valence-electron chi connectivity index (χ4n) is 3.39. The second-order valence-corrected chi connectivity index (χ2v) is 6.18. The molecular formula is C17H19N5O3. The van der Waals surface area contributed by atoms with Crippen molar-refractivity contribution in [3.05, 3.63) is 46.5 Å². The lowest BCUT2D eigenvalue weighted by atomic mass is 10.2. The molecule has 0 unspecified atom stereocenters. The lowest BCUT2D eigenvalue weighted by Gasteiger charge is -2.30. The number of benzene rings is 1. The van der Waals surface area contributed by atoms with Crippen molar-refractivity contribution in [2.24, 2.45) is 0 Å². The molecule has 0 bridgehead atoms. The third-order valence-electron chi connectivity index (χ3n) is 4.72. The van der Waals surface area contributed by atoms with E-state index in [1.807, 2.05) is 13.0 Å². The first-order valence-corrected chi connectivity index (χ1v) is 8.40. The molecule has 25 heavy (non-hydrogen) atoms. The van der Waals surface area contributed by atoms with Crippen LogP contribution in [0.15, 0.2) is 33.5 Å². The Morgan fingerprint density at radius 3 is 2.88 bits per heavy atom. The summed E-state index contributed by atoms with van der Waals surface area (Å²) in [6.07, 6.45) is 0.813. The zero-order chi connectivity index (χ0) is 17.6. The first-order valence-electron chi connectivity index (χ1n) is 8.40. The van der Waals surface area contributed by atoms with Crippen LogP contribution >= 0.6 is 0 Å². The Balaban J connectivity index is 1.62. The van der Waals surface area contributed by atoms with Crippen LogP contribution in [-0.2, 0) is 24.3 Å². The molecule has 1 atom stereocenters. The van der Waals surface area contributed by atoms with Gasteiger partial charge in [0, 0.05) is 19.5 Å². The largest absolute Gasteiger partial charge is 0.420 e. The molecule has 0 saturated carbocycles. The molecule has 1 aliphatic rings. The smallest absolute Gasteiger partial charge is 0.408 e. The Labute approximate surface area is 143 Å². The number of para-hydroxylation sites is 2. The second kappa shape index (κ2) is 5.87. The lowest BCUT2D eigenvalue weighted by Crippen LogP contribution is -2.43. The number of hydrogen-bond acceptors (Lipinski definition) is 5. The van der Waals surface area contributed by atoms with Gasteiger partial charge in [0.25, 0.3) is 0 Å². The first kappa shape index (κ1) is 15.6. The zero-order valence-corrected chi connectivity index (χ0v) is 14.2. The normalized spacial score (nSPS) is 15.4. The number of rotatable bonds is 3. The van der Waals surface area contributed by atoms with Crippen molar-refractivity contribution in [1.29, 1.82) is 0 Å². The topological polar surface area (TPSA) is 86.2 Å². The standard InChI is InChI=1S/C17H19N5O3/c1-3-14-18-19-15-10-20(8-9-21(14)15)16(23)11(2)22-12-6-4-5-7-13(12)25-17(22)24/h4-7,11H,3,8-10H2,1-2H3/t11-/m0/s1. The average molecular weight is 341 g/mol. The van der Waals surface area contributed by atoms with Gasteiger partial charge in [-0.25, -0.2) is 4.79 Å². The first-order chi connectivity index (χ1) is 12.1. The molecule has 0 radical (unpaired) electrons. The van der Waals surface area contributed by atoms with E-state index in [0.717, 1.165) is 18.1 Å². The van der Waals surface area contributed by atoms with E-state index >= 15 is 0 Å². The van der Waals surface area contributed by atoms with Crippen LogP contribution in [0.3, 0.4) is 0 Å². The van der Waals surface area contributed by atoms with Gasteiger partial charge in [-0.3, -0.25) is 9.36 Å². The molecule has 0 fully saturated rings. The maximum absolute atomic E-state index is 12.9. The van der Waals surface area contributed by atoms with Crippen molar-refractivity contribution in [2.75, 3.05) is 6.54 Å². The van der Waals surface area contributed by atoms with E-state index in [0.29, 0.717) is 30.7 Å².